The van der Waals surface area contributed by atoms with E-state index in [4.69, 9.17) is 4.42 Å². The molecule has 0 atom stereocenters. The number of aryl methyl sites for hydroxylation is 4. The molecular formula is C20H23N7O2. The molecule has 0 aliphatic carbocycles. The zero-order valence-electron chi connectivity index (χ0n) is 16.5. The molecule has 9 heteroatoms. The molecule has 4 rings (SSSR count). The topological polar surface area (TPSA) is 104 Å². The summed E-state index contributed by atoms with van der Waals surface area (Å²) in [6, 6.07) is 9.90. The maximum atomic E-state index is 12.1. The summed E-state index contributed by atoms with van der Waals surface area (Å²) in [7, 11) is 1.83. The third-order valence-electron chi connectivity index (χ3n) is 4.68. The lowest BCUT2D eigenvalue weighted by Gasteiger charge is -2.06. The fourth-order valence-corrected chi connectivity index (χ4v) is 3.24. The van der Waals surface area contributed by atoms with Crippen LogP contribution in [-0.4, -0.2) is 42.0 Å². The molecule has 4 aromatic rings. The Kier molecular flexibility index (Phi) is 5.37. The van der Waals surface area contributed by atoms with Gasteiger partial charge in [0, 0.05) is 33.0 Å². The molecule has 0 aliphatic heterocycles. The van der Waals surface area contributed by atoms with Gasteiger partial charge in [-0.25, -0.2) is 4.98 Å². The molecule has 3 aromatic heterocycles. The first-order valence-corrected chi connectivity index (χ1v) is 9.60. The summed E-state index contributed by atoms with van der Waals surface area (Å²) >= 11 is 0. The van der Waals surface area contributed by atoms with Crippen molar-refractivity contribution in [3.05, 3.63) is 48.2 Å². The molecule has 150 valence electrons. The first-order valence-electron chi connectivity index (χ1n) is 9.60. The Morgan fingerprint density at radius 3 is 2.93 bits per heavy atom. The van der Waals surface area contributed by atoms with Crippen molar-refractivity contribution < 1.29 is 9.21 Å². The first-order chi connectivity index (χ1) is 14.1. The summed E-state index contributed by atoms with van der Waals surface area (Å²) in [4.78, 5) is 16.5. The number of nitrogens with one attached hydrogen (secondary N) is 1. The van der Waals surface area contributed by atoms with Crippen molar-refractivity contribution in [1.82, 2.24) is 34.8 Å². The fourth-order valence-electron chi connectivity index (χ4n) is 3.24. The number of imidazole rings is 1. The number of carbonyl (C=O) groups excluding carboxylic acids is 1. The second kappa shape index (κ2) is 8.26. The predicted molar refractivity (Wildman–Crippen MR) is 107 cm³/mol. The second-order valence-electron chi connectivity index (χ2n) is 6.93. The van der Waals surface area contributed by atoms with Crippen LogP contribution in [0.3, 0.4) is 0 Å². The first kappa shape index (κ1) is 18.9. The summed E-state index contributed by atoms with van der Waals surface area (Å²) in [5.74, 6) is 0.826. The molecule has 3 heterocycles. The van der Waals surface area contributed by atoms with Gasteiger partial charge in [-0.1, -0.05) is 12.1 Å². The number of nitrogens with zero attached hydrogens (tertiary/aromatic N) is 6. The number of amides is 1. The van der Waals surface area contributed by atoms with Crippen LogP contribution in [0.2, 0.25) is 0 Å². The van der Waals surface area contributed by atoms with E-state index < -0.39 is 0 Å². The summed E-state index contributed by atoms with van der Waals surface area (Å²) in [5, 5.41) is 15.3. The smallest absolute Gasteiger partial charge is 0.265 e. The molecule has 0 saturated carbocycles. The molecule has 29 heavy (non-hydrogen) atoms. The van der Waals surface area contributed by atoms with E-state index in [9.17, 15) is 4.79 Å². The van der Waals surface area contributed by atoms with E-state index >= 15 is 0 Å². The van der Waals surface area contributed by atoms with Crippen molar-refractivity contribution in [2.24, 2.45) is 7.05 Å². The quantitative estimate of drug-likeness (QED) is 0.461. The van der Waals surface area contributed by atoms with Crippen molar-refractivity contribution >= 4 is 16.9 Å². The van der Waals surface area contributed by atoms with Crippen molar-refractivity contribution in [1.29, 1.82) is 0 Å². The van der Waals surface area contributed by atoms with Gasteiger partial charge in [0.15, 0.2) is 0 Å². The summed E-state index contributed by atoms with van der Waals surface area (Å²) in [6.45, 7) is 3.31. The minimum Gasteiger partial charge on any atom is -0.419 e. The summed E-state index contributed by atoms with van der Waals surface area (Å²) in [5.41, 5.74) is 3.73. The molecule has 0 fully saturated rings. The SMILES string of the molecule is Cc1cc(-c2nnc(CCC(=O)NCCCn3cnc4ccccc43)o2)n(C)n1. The second-order valence-corrected chi connectivity index (χ2v) is 6.93. The largest absolute Gasteiger partial charge is 0.419 e. The van der Waals surface area contributed by atoms with Gasteiger partial charge < -0.3 is 14.3 Å². The highest BCUT2D eigenvalue weighted by molar-refractivity contribution is 5.76. The van der Waals surface area contributed by atoms with Crippen LogP contribution in [0, 0.1) is 6.92 Å². The Labute approximate surface area is 167 Å². The lowest BCUT2D eigenvalue weighted by atomic mass is 10.3. The third-order valence-corrected chi connectivity index (χ3v) is 4.68. The van der Waals surface area contributed by atoms with Crippen molar-refractivity contribution in [3.8, 4) is 11.6 Å². The van der Waals surface area contributed by atoms with Crippen LogP contribution in [0.15, 0.2) is 41.1 Å². The zero-order chi connectivity index (χ0) is 20.2. The van der Waals surface area contributed by atoms with Gasteiger partial charge in [-0.05, 0) is 31.5 Å². The number of benzene rings is 1. The van der Waals surface area contributed by atoms with Crippen LogP contribution in [0.1, 0.15) is 24.4 Å². The Balaban J connectivity index is 1.21. The predicted octanol–water partition coefficient (Wildman–Crippen LogP) is 2.27. The van der Waals surface area contributed by atoms with E-state index in [2.05, 4.69) is 30.2 Å². The lowest BCUT2D eigenvalue weighted by Crippen LogP contribution is -2.25. The monoisotopic (exact) mass is 393 g/mol. The average molecular weight is 393 g/mol. The number of aromatic nitrogens is 6. The standard InChI is InChI=1S/C20H23N7O2/c1-14-12-17(26(2)25-14)20-24-23-19(29-20)9-8-18(28)21-10-5-11-27-13-22-15-6-3-4-7-16(15)27/h3-4,6-7,12-13H,5,8-11H2,1-2H3,(H,21,28). The third kappa shape index (κ3) is 4.34. The molecule has 1 amide bonds. The van der Waals surface area contributed by atoms with E-state index in [-0.39, 0.29) is 5.91 Å². The number of rotatable bonds is 8. The average Bonchev–Trinajstić information content (AvgIpc) is 3.42. The number of para-hydroxylation sites is 2. The van der Waals surface area contributed by atoms with Crippen LogP contribution < -0.4 is 5.32 Å². The molecule has 1 aromatic carbocycles. The Morgan fingerprint density at radius 1 is 1.24 bits per heavy atom. The highest BCUT2D eigenvalue weighted by Crippen LogP contribution is 2.18. The number of hydrogen-bond acceptors (Lipinski definition) is 6. The maximum absolute atomic E-state index is 12.1. The Bertz CT molecular complexity index is 1120. The van der Waals surface area contributed by atoms with Crippen molar-refractivity contribution in [3.63, 3.8) is 0 Å². The number of fused-ring (bicyclic) bond motifs is 1. The van der Waals surface area contributed by atoms with Gasteiger partial charge >= 0.3 is 0 Å². The van der Waals surface area contributed by atoms with E-state index in [1.54, 1.807) is 4.68 Å². The van der Waals surface area contributed by atoms with Gasteiger partial charge in [0.25, 0.3) is 5.89 Å². The molecular weight excluding hydrogens is 370 g/mol. The normalized spacial score (nSPS) is 11.2. The minimum atomic E-state index is -0.0309. The molecule has 0 radical (unpaired) electrons. The van der Waals surface area contributed by atoms with E-state index in [0.717, 1.165) is 35.4 Å². The van der Waals surface area contributed by atoms with Gasteiger partial charge in [0.05, 0.1) is 23.1 Å². The van der Waals surface area contributed by atoms with Crippen LogP contribution in [0.25, 0.3) is 22.6 Å². The molecule has 1 N–H and O–H groups in total. The van der Waals surface area contributed by atoms with Gasteiger partial charge in [0.1, 0.15) is 5.69 Å². The van der Waals surface area contributed by atoms with E-state index in [1.165, 1.54) is 0 Å². The van der Waals surface area contributed by atoms with Crippen LogP contribution >= 0.6 is 0 Å². The van der Waals surface area contributed by atoms with Gasteiger partial charge in [-0.2, -0.15) is 5.10 Å². The van der Waals surface area contributed by atoms with Gasteiger partial charge in [0.2, 0.25) is 11.8 Å². The van der Waals surface area contributed by atoms with Crippen LogP contribution in [-0.2, 0) is 24.8 Å². The highest BCUT2D eigenvalue weighted by Gasteiger charge is 2.14. The molecule has 0 aliphatic rings. The number of hydrogen-bond donors (Lipinski definition) is 1. The summed E-state index contributed by atoms with van der Waals surface area (Å²) < 4.78 is 9.45. The fraction of sp³-hybridized carbons (Fsp3) is 0.350. The lowest BCUT2D eigenvalue weighted by molar-refractivity contribution is -0.121. The molecule has 9 nitrogen and oxygen atoms in total. The minimum absolute atomic E-state index is 0.0309. The maximum Gasteiger partial charge on any atom is 0.265 e. The van der Waals surface area contributed by atoms with Crippen LogP contribution in [0.4, 0.5) is 0 Å². The Morgan fingerprint density at radius 2 is 2.10 bits per heavy atom. The molecule has 0 saturated heterocycles. The zero-order valence-corrected chi connectivity index (χ0v) is 16.5. The van der Waals surface area contributed by atoms with Crippen molar-refractivity contribution in [2.45, 2.75) is 32.7 Å². The van der Waals surface area contributed by atoms with Crippen molar-refractivity contribution in [2.75, 3.05) is 6.54 Å². The number of carbonyl (C=O) groups is 1. The van der Waals surface area contributed by atoms with E-state index in [1.807, 2.05) is 50.6 Å². The van der Waals surface area contributed by atoms with Gasteiger partial charge in [-0.15, -0.1) is 10.2 Å². The summed E-state index contributed by atoms with van der Waals surface area (Å²) in [6.07, 6.45) is 3.38. The van der Waals surface area contributed by atoms with E-state index in [0.29, 0.717) is 31.2 Å². The van der Waals surface area contributed by atoms with Crippen LogP contribution in [0.5, 0.6) is 0 Å². The van der Waals surface area contributed by atoms with Gasteiger partial charge in [-0.3, -0.25) is 9.48 Å². The Hall–Kier alpha value is -3.49. The molecule has 0 spiro atoms. The molecule has 0 bridgehead atoms. The molecule has 0 unspecified atom stereocenters. The highest BCUT2D eigenvalue weighted by atomic mass is 16.4.